The van der Waals surface area contributed by atoms with E-state index in [-0.39, 0.29) is 0 Å². The van der Waals surface area contributed by atoms with Gasteiger partial charge in [-0.2, -0.15) is 0 Å². The lowest BCUT2D eigenvalue weighted by atomic mass is 10.0. The van der Waals surface area contributed by atoms with Crippen LogP contribution in [0, 0.1) is 6.92 Å². The van der Waals surface area contributed by atoms with Gasteiger partial charge in [0.1, 0.15) is 17.4 Å². The summed E-state index contributed by atoms with van der Waals surface area (Å²) in [5.74, 6) is 3.54. The van der Waals surface area contributed by atoms with E-state index in [1.54, 1.807) is 7.11 Å². The Morgan fingerprint density at radius 1 is 1.08 bits per heavy atom. The van der Waals surface area contributed by atoms with Gasteiger partial charge in [-0.15, -0.1) is 0 Å². The Balaban J connectivity index is 1.54. The van der Waals surface area contributed by atoms with E-state index in [2.05, 4.69) is 41.5 Å². The molecule has 0 aliphatic heterocycles. The monoisotopic (exact) mass is 323 g/mol. The van der Waals surface area contributed by atoms with Crippen molar-refractivity contribution in [1.82, 2.24) is 9.97 Å². The maximum atomic E-state index is 5.40. The summed E-state index contributed by atoms with van der Waals surface area (Å²) < 4.78 is 5.40. The zero-order chi connectivity index (χ0) is 16.5. The van der Waals surface area contributed by atoms with Crippen LogP contribution in [0.5, 0.6) is 5.75 Å². The van der Waals surface area contributed by atoms with Crippen molar-refractivity contribution >= 4 is 5.82 Å². The second kappa shape index (κ2) is 6.42. The number of hydrogen-bond donors (Lipinski definition) is 1. The van der Waals surface area contributed by atoms with Gasteiger partial charge in [-0.3, -0.25) is 0 Å². The summed E-state index contributed by atoms with van der Waals surface area (Å²) in [5.41, 5.74) is 3.92. The van der Waals surface area contributed by atoms with Crippen LogP contribution in [-0.2, 0) is 12.8 Å². The van der Waals surface area contributed by atoms with Gasteiger partial charge in [0.05, 0.1) is 7.11 Å². The second-order valence-corrected chi connectivity index (χ2v) is 7.10. The van der Waals surface area contributed by atoms with E-state index < -0.39 is 0 Å². The molecule has 126 valence electrons. The molecule has 1 fully saturated rings. The van der Waals surface area contributed by atoms with E-state index in [4.69, 9.17) is 9.72 Å². The molecule has 1 heterocycles. The summed E-state index contributed by atoms with van der Waals surface area (Å²) in [5, 5.41) is 3.67. The normalized spacial score (nSPS) is 20.2. The standard InChI is InChI=1S/C20H25N3O/c1-13-10-19(23-20(21-13)15-6-7-15)22-17-5-3-4-14-8-9-18(24-2)12-16(14)11-17/h8-10,12,15,17H,3-7,11H2,1-2H3,(H,21,22,23). The maximum Gasteiger partial charge on any atom is 0.134 e. The molecule has 2 aliphatic carbocycles. The minimum atomic E-state index is 0.416. The highest BCUT2D eigenvalue weighted by molar-refractivity contribution is 5.41. The SMILES string of the molecule is COc1ccc2c(c1)CC(Nc1cc(C)nc(C3CC3)n1)CCC2. The quantitative estimate of drug-likeness (QED) is 0.863. The van der Waals surface area contributed by atoms with Crippen LogP contribution in [0.4, 0.5) is 5.82 Å². The first-order valence-corrected chi connectivity index (χ1v) is 8.99. The Hall–Kier alpha value is -2.10. The van der Waals surface area contributed by atoms with Gasteiger partial charge in [-0.05, 0) is 68.7 Å². The third-order valence-corrected chi connectivity index (χ3v) is 5.04. The molecule has 1 saturated carbocycles. The predicted octanol–water partition coefficient (Wildman–Crippen LogP) is 4.03. The molecule has 1 aromatic carbocycles. The smallest absolute Gasteiger partial charge is 0.134 e. The fourth-order valence-corrected chi connectivity index (χ4v) is 3.59. The third kappa shape index (κ3) is 3.37. The van der Waals surface area contributed by atoms with Crippen molar-refractivity contribution in [3.8, 4) is 5.75 Å². The summed E-state index contributed by atoms with van der Waals surface area (Å²) in [6, 6.07) is 8.97. The third-order valence-electron chi connectivity index (χ3n) is 5.04. The van der Waals surface area contributed by atoms with Crippen molar-refractivity contribution in [2.75, 3.05) is 12.4 Å². The number of rotatable bonds is 4. The highest BCUT2D eigenvalue weighted by Crippen LogP contribution is 2.38. The molecule has 2 aromatic rings. The highest BCUT2D eigenvalue weighted by Gasteiger charge is 2.27. The molecule has 4 heteroatoms. The fraction of sp³-hybridized carbons (Fsp3) is 0.500. The van der Waals surface area contributed by atoms with Gasteiger partial charge < -0.3 is 10.1 Å². The van der Waals surface area contributed by atoms with Crippen LogP contribution in [0.15, 0.2) is 24.3 Å². The number of aryl methyl sites for hydroxylation is 2. The van der Waals surface area contributed by atoms with Gasteiger partial charge >= 0.3 is 0 Å². The molecule has 4 rings (SSSR count). The molecule has 0 spiro atoms. The average molecular weight is 323 g/mol. The van der Waals surface area contributed by atoms with E-state index in [9.17, 15) is 0 Å². The van der Waals surface area contributed by atoms with Crippen molar-refractivity contribution in [3.63, 3.8) is 0 Å². The molecule has 1 unspecified atom stereocenters. The zero-order valence-electron chi connectivity index (χ0n) is 14.5. The van der Waals surface area contributed by atoms with Crippen molar-refractivity contribution in [2.45, 2.75) is 57.4 Å². The summed E-state index contributed by atoms with van der Waals surface area (Å²) in [6.07, 6.45) is 7.01. The molecule has 24 heavy (non-hydrogen) atoms. The summed E-state index contributed by atoms with van der Waals surface area (Å²) in [7, 11) is 1.73. The fourth-order valence-electron chi connectivity index (χ4n) is 3.59. The molecule has 2 aliphatic rings. The number of fused-ring (bicyclic) bond motifs is 1. The van der Waals surface area contributed by atoms with Crippen LogP contribution in [0.25, 0.3) is 0 Å². The molecule has 1 atom stereocenters. The number of methoxy groups -OCH3 is 1. The van der Waals surface area contributed by atoms with E-state index in [0.717, 1.165) is 35.9 Å². The Morgan fingerprint density at radius 3 is 2.75 bits per heavy atom. The number of hydrogen-bond acceptors (Lipinski definition) is 4. The molecule has 1 aromatic heterocycles. The van der Waals surface area contributed by atoms with E-state index >= 15 is 0 Å². The summed E-state index contributed by atoms with van der Waals surface area (Å²) in [6.45, 7) is 2.06. The number of ether oxygens (including phenoxy) is 1. The number of anilines is 1. The molecule has 1 N–H and O–H groups in total. The lowest BCUT2D eigenvalue weighted by Gasteiger charge is -2.18. The predicted molar refractivity (Wildman–Crippen MR) is 95.8 cm³/mol. The van der Waals surface area contributed by atoms with E-state index in [1.807, 2.05) is 0 Å². The van der Waals surface area contributed by atoms with Crippen LogP contribution in [0.1, 0.15) is 54.2 Å². The highest BCUT2D eigenvalue weighted by atomic mass is 16.5. The first-order valence-electron chi connectivity index (χ1n) is 8.99. The molecule has 0 bridgehead atoms. The van der Waals surface area contributed by atoms with Crippen LogP contribution in [0.2, 0.25) is 0 Å². The molecule has 0 saturated heterocycles. The van der Waals surface area contributed by atoms with Crippen molar-refractivity contribution in [2.24, 2.45) is 0 Å². The van der Waals surface area contributed by atoms with Gasteiger partial charge in [0.25, 0.3) is 0 Å². The van der Waals surface area contributed by atoms with Gasteiger partial charge in [0.2, 0.25) is 0 Å². The molecular formula is C20H25N3O. The van der Waals surface area contributed by atoms with Crippen LogP contribution in [-0.4, -0.2) is 23.1 Å². The lowest BCUT2D eigenvalue weighted by Crippen LogP contribution is -2.22. The molecule has 0 radical (unpaired) electrons. The number of nitrogens with zero attached hydrogens (tertiary/aromatic N) is 2. The zero-order valence-corrected chi connectivity index (χ0v) is 14.5. The summed E-state index contributed by atoms with van der Waals surface area (Å²) >= 11 is 0. The summed E-state index contributed by atoms with van der Waals surface area (Å²) in [4.78, 5) is 9.36. The minimum Gasteiger partial charge on any atom is -0.497 e. The van der Waals surface area contributed by atoms with Crippen molar-refractivity contribution in [3.05, 3.63) is 46.9 Å². The number of nitrogens with one attached hydrogen (secondary N) is 1. The molecule has 4 nitrogen and oxygen atoms in total. The largest absolute Gasteiger partial charge is 0.497 e. The minimum absolute atomic E-state index is 0.416. The first-order chi connectivity index (χ1) is 11.7. The van der Waals surface area contributed by atoms with Crippen LogP contribution in [0.3, 0.4) is 0 Å². The molecule has 0 amide bonds. The van der Waals surface area contributed by atoms with Gasteiger partial charge in [0, 0.05) is 23.7 Å². The maximum absolute atomic E-state index is 5.40. The number of benzene rings is 1. The Morgan fingerprint density at radius 2 is 1.96 bits per heavy atom. The van der Waals surface area contributed by atoms with Crippen LogP contribution < -0.4 is 10.1 Å². The Bertz CT molecular complexity index is 740. The van der Waals surface area contributed by atoms with Gasteiger partial charge in [0.15, 0.2) is 0 Å². The van der Waals surface area contributed by atoms with E-state index in [1.165, 1.54) is 36.8 Å². The Kier molecular flexibility index (Phi) is 4.13. The topological polar surface area (TPSA) is 47.0 Å². The average Bonchev–Trinajstić information content (AvgIpc) is 3.40. The van der Waals surface area contributed by atoms with Crippen molar-refractivity contribution < 1.29 is 4.74 Å². The first kappa shape index (κ1) is 15.4. The van der Waals surface area contributed by atoms with E-state index in [0.29, 0.717) is 12.0 Å². The van der Waals surface area contributed by atoms with Crippen molar-refractivity contribution in [1.29, 1.82) is 0 Å². The Labute approximate surface area is 143 Å². The van der Waals surface area contributed by atoms with Gasteiger partial charge in [-0.25, -0.2) is 9.97 Å². The second-order valence-electron chi connectivity index (χ2n) is 7.10. The van der Waals surface area contributed by atoms with Crippen LogP contribution >= 0.6 is 0 Å². The van der Waals surface area contributed by atoms with Gasteiger partial charge in [-0.1, -0.05) is 6.07 Å². The number of aromatic nitrogens is 2. The lowest BCUT2D eigenvalue weighted by molar-refractivity contribution is 0.414. The molecular weight excluding hydrogens is 298 g/mol.